The molecule has 0 saturated heterocycles. The molecule has 2 aliphatic heterocycles. The van der Waals surface area contributed by atoms with E-state index in [2.05, 4.69) is 10.6 Å². The quantitative estimate of drug-likeness (QED) is 0.368. The van der Waals surface area contributed by atoms with Gasteiger partial charge in [-0.2, -0.15) is 0 Å². The average molecular weight is 474 g/mol. The van der Waals surface area contributed by atoms with E-state index in [1.165, 1.54) is 38.1 Å². The number of hydrogen-bond acceptors (Lipinski definition) is 8. The summed E-state index contributed by atoms with van der Waals surface area (Å²) in [6.07, 6.45) is 6.32. The molecule has 0 radical (unpaired) electrons. The van der Waals surface area contributed by atoms with Gasteiger partial charge in [-0.25, -0.2) is 0 Å². The van der Waals surface area contributed by atoms with Crippen LogP contribution in [0.25, 0.3) is 12.2 Å². The van der Waals surface area contributed by atoms with Crippen molar-refractivity contribution in [3.05, 3.63) is 59.7 Å². The Balaban J connectivity index is 0.000000213. The summed E-state index contributed by atoms with van der Waals surface area (Å²) < 4.78 is 0. The second-order valence-electron chi connectivity index (χ2n) is 7.38. The zero-order valence-corrected chi connectivity index (χ0v) is 20.0. The molecule has 2 heterocycles. The van der Waals surface area contributed by atoms with Crippen molar-refractivity contribution in [1.29, 1.82) is 0 Å². The van der Waals surface area contributed by atoms with E-state index in [-0.39, 0.29) is 31.0 Å². The summed E-state index contributed by atoms with van der Waals surface area (Å²) in [5.74, 6) is -2.39. The van der Waals surface area contributed by atoms with Crippen LogP contribution < -0.4 is 20.8 Å². The third kappa shape index (κ3) is 4.72. The topological polar surface area (TPSA) is 145 Å². The van der Waals surface area contributed by atoms with Crippen LogP contribution in [-0.4, -0.2) is 33.2 Å². The van der Waals surface area contributed by atoms with Crippen LogP contribution >= 0.6 is 0 Å². The molecule has 2 aromatic rings. The Morgan fingerprint density at radius 3 is 1.45 bits per heavy atom. The standard InChI is InChI=1S/2C11H11NO3.Zn/c2*1-11(10(14)15)6-5-7-3-2-4-8(13)9(7)12-11;/h2*2-6,12-13H,1H3,(H,14,15);/q;;+2/p-2. The number of phenolic OH excluding ortho intramolecular Hbond substituents is 2. The number of carboxylic acids is 2. The minimum atomic E-state index is -1.27. The first kappa shape index (κ1) is 24.0. The molecule has 0 spiro atoms. The zero-order chi connectivity index (χ0) is 22.1. The van der Waals surface area contributed by atoms with Gasteiger partial charge in [-0.15, -0.1) is 0 Å². The van der Waals surface area contributed by atoms with Crippen LogP contribution in [0.3, 0.4) is 0 Å². The summed E-state index contributed by atoms with van der Waals surface area (Å²) in [6.45, 7) is 2.96. The Hall–Kier alpha value is -3.32. The van der Waals surface area contributed by atoms with Crippen LogP contribution in [0.4, 0.5) is 11.4 Å². The Morgan fingerprint density at radius 2 is 1.13 bits per heavy atom. The summed E-state index contributed by atoms with van der Waals surface area (Å²) in [6, 6.07) is 9.96. The molecule has 2 aromatic carbocycles. The first-order valence-electron chi connectivity index (χ1n) is 9.07. The average Bonchev–Trinajstić information content (AvgIpc) is 2.70. The SMILES string of the molecule is CC1(C(=O)[O-])C=Cc2cccc(O)c2N1.CC1(C(=O)[O-])C=Cc2cccc(O)c2N1.[Zn+2]. The number of carboxylic acid groups (broad SMARTS) is 2. The molecule has 0 aliphatic carbocycles. The minimum absolute atomic E-state index is 0. The van der Waals surface area contributed by atoms with Gasteiger partial charge in [0.05, 0.1) is 34.4 Å². The Morgan fingerprint density at radius 1 is 0.774 bits per heavy atom. The number of phenols is 2. The van der Waals surface area contributed by atoms with E-state index in [1.807, 2.05) is 0 Å². The molecule has 0 bridgehead atoms. The molecular formula is C22H20N2O6Zn. The molecule has 9 heteroatoms. The first-order valence-corrected chi connectivity index (χ1v) is 9.07. The maximum atomic E-state index is 10.9. The molecular weight excluding hydrogens is 454 g/mol. The number of fused-ring (bicyclic) bond motifs is 2. The van der Waals surface area contributed by atoms with Crippen LogP contribution in [0.1, 0.15) is 25.0 Å². The number of anilines is 2. The van der Waals surface area contributed by atoms with E-state index >= 15 is 0 Å². The number of aliphatic carboxylic acids is 2. The van der Waals surface area contributed by atoms with Gasteiger partial charge in [-0.1, -0.05) is 48.6 Å². The van der Waals surface area contributed by atoms with Gasteiger partial charge in [-0.3, -0.25) is 0 Å². The molecule has 4 N–H and O–H groups in total. The second-order valence-corrected chi connectivity index (χ2v) is 7.38. The van der Waals surface area contributed by atoms with Gasteiger partial charge in [-0.05, 0) is 26.0 Å². The van der Waals surface area contributed by atoms with Gasteiger partial charge in [0.1, 0.15) is 11.5 Å². The normalized spacial score (nSPS) is 22.3. The van der Waals surface area contributed by atoms with E-state index < -0.39 is 23.0 Å². The number of carbonyl (C=O) groups excluding carboxylic acids is 2. The predicted molar refractivity (Wildman–Crippen MR) is 108 cm³/mol. The van der Waals surface area contributed by atoms with Gasteiger partial charge >= 0.3 is 19.5 Å². The molecule has 0 amide bonds. The number of carbonyl (C=O) groups is 2. The summed E-state index contributed by atoms with van der Waals surface area (Å²) in [7, 11) is 0. The van der Waals surface area contributed by atoms with Gasteiger partial charge in [0.2, 0.25) is 0 Å². The molecule has 8 nitrogen and oxygen atoms in total. The number of rotatable bonds is 2. The van der Waals surface area contributed by atoms with Gasteiger partial charge < -0.3 is 40.6 Å². The molecule has 156 valence electrons. The molecule has 0 saturated carbocycles. The Kier molecular flexibility index (Phi) is 6.81. The predicted octanol–water partition coefficient (Wildman–Crippen LogP) is 0.676. The molecule has 2 atom stereocenters. The monoisotopic (exact) mass is 472 g/mol. The van der Waals surface area contributed by atoms with E-state index in [9.17, 15) is 30.0 Å². The van der Waals surface area contributed by atoms with Crippen LogP contribution in [0.2, 0.25) is 0 Å². The maximum absolute atomic E-state index is 10.9. The van der Waals surface area contributed by atoms with Crippen LogP contribution in [0.5, 0.6) is 11.5 Å². The van der Waals surface area contributed by atoms with Crippen molar-refractivity contribution < 1.29 is 49.5 Å². The number of para-hydroxylation sites is 2. The van der Waals surface area contributed by atoms with Crippen molar-refractivity contribution in [2.24, 2.45) is 0 Å². The smallest absolute Gasteiger partial charge is 0.547 e. The molecule has 31 heavy (non-hydrogen) atoms. The van der Waals surface area contributed by atoms with Crippen molar-refractivity contribution in [1.82, 2.24) is 0 Å². The summed E-state index contributed by atoms with van der Waals surface area (Å²) in [5, 5.41) is 46.4. The fraction of sp³-hybridized carbons (Fsp3) is 0.182. The largest absolute Gasteiger partial charge is 2.00 e. The summed E-state index contributed by atoms with van der Waals surface area (Å²) >= 11 is 0. The molecule has 0 fully saturated rings. The summed E-state index contributed by atoms with van der Waals surface area (Å²) in [4.78, 5) is 21.8. The van der Waals surface area contributed by atoms with Gasteiger partial charge in [0.15, 0.2) is 0 Å². The maximum Gasteiger partial charge on any atom is 2.00 e. The third-order valence-corrected chi connectivity index (χ3v) is 4.96. The van der Waals surface area contributed by atoms with Gasteiger partial charge in [0.25, 0.3) is 0 Å². The van der Waals surface area contributed by atoms with Crippen molar-refractivity contribution >= 4 is 35.5 Å². The van der Waals surface area contributed by atoms with E-state index in [4.69, 9.17) is 0 Å². The van der Waals surface area contributed by atoms with Crippen molar-refractivity contribution in [2.75, 3.05) is 10.6 Å². The first-order chi connectivity index (χ1) is 14.1. The van der Waals surface area contributed by atoms with E-state index in [1.54, 1.807) is 36.4 Å². The molecule has 2 unspecified atom stereocenters. The molecule has 4 rings (SSSR count). The van der Waals surface area contributed by atoms with E-state index in [0.29, 0.717) is 11.4 Å². The number of hydrogen-bond donors (Lipinski definition) is 4. The molecule has 0 aromatic heterocycles. The number of nitrogens with one attached hydrogen (secondary N) is 2. The number of aromatic hydroxyl groups is 2. The molecule has 2 aliphatic rings. The Labute approximate surface area is 191 Å². The summed E-state index contributed by atoms with van der Waals surface area (Å²) in [5.41, 5.74) is -0.182. The fourth-order valence-electron chi connectivity index (χ4n) is 3.02. The van der Waals surface area contributed by atoms with Crippen LogP contribution in [-0.2, 0) is 29.1 Å². The van der Waals surface area contributed by atoms with Crippen LogP contribution in [0.15, 0.2) is 48.6 Å². The number of benzene rings is 2. The van der Waals surface area contributed by atoms with Gasteiger partial charge in [0, 0.05) is 11.1 Å². The zero-order valence-electron chi connectivity index (χ0n) is 17.0. The van der Waals surface area contributed by atoms with Crippen molar-refractivity contribution in [3.63, 3.8) is 0 Å². The third-order valence-electron chi connectivity index (χ3n) is 4.96. The van der Waals surface area contributed by atoms with Crippen LogP contribution in [0, 0.1) is 0 Å². The van der Waals surface area contributed by atoms with E-state index in [0.717, 1.165) is 11.1 Å². The van der Waals surface area contributed by atoms with Crippen molar-refractivity contribution in [2.45, 2.75) is 24.9 Å². The fourth-order valence-corrected chi connectivity index (χ4v) is 3.02. The Bertz CT molecular complexity index is 998. The van der Waals surface area contributed by atoms with Crippen molar-refractivity contribution in [3.8, 4) is 11.5 Å². The second kappa shape index (κ2) is 8.82. The minimum Gasteiger partial charge on any atom is -0.547 e.